The van der Waals surface area contributed by atoms with E-state index in [1.165, 1.54) is 51.0 Å². The van der Waals surface area contributed by atoms with Gasteiger partial charge in [-0.2, -0.15) is 0 Å². The molecule has 0 heterocycles. The van der Waals surface area contributed by atoms with E-state index in [1.54, 1.807) is 0 Å². The van der Waals surface area contributed by atoms with Gasteiger partial charge in [0.25, 0.3) is 0 Å². The number of hydrogen-bond acceptors (Lipinski definition) is 0. The minimum atomic E-state index is 1.11. The zero-order valence-corrected chi connectivity index (χ0v) is 27.5. The van der Waals surface area contributed by atoms with Gasteiger partial charge in [0, 0.05) is 0 Å². The molecule has 0 radical (unpaired) electrons. The second-order valence-electron chi connectivity index (χ2n) is 11.4. The molecule has 0 unspecified atom stereocenters. The normalized spacial score (nSPS) is 14.8. The van der Waals surface area contributed by atoms with Crippen LogP contribution in [0.3, 0.4) is 0 Å². The molecule has 0 nitrogen and oxygen atoms in total. The maximum atomic E-state index is 2.39. The number of rotatable bonds is 17. The van der Waals surface area contributed by atoms with Crippen molar-refractivity contribution < 1.29 is 0 Å². The van der Waals surface area contributed by atoms with Crippen molar-refractivity contribution in [2.24, 2.45) is 0 Å². The minimum absolute atomic E-state index is 1.11. The molecule has 0 amide bonds. The Labute approximate surface area is 249 Å². The summed E-state index contributed by atoms with van der Waals surface area (Å²) in [6, 6.07) is 0. The summed E-state index contributed by atoms with van der Waals surface area (Å²) >= 11 is 0. The first-order chi connectivity index (χ1) is 19.0. The highest BCUT2D eigenvalue weighted by molar-refractivity contribution is 5.31. The van der Waals surface area contributed by atoms with Crippen molar-refractivity contribution in [1.82, 2.24) is 0 Å². The lowest BCUT2D eigenvalue weighted by Crippen LogP contribution is -1.80. The fourth-order valence-corrected chi connectivity index (χ4v) is 3.65. The first kappa shape index (κ1) is 36.9. The summed E-state index contributed by atoms with van der Waals surface area (Å²) < 4.78 is 0. The first-order valence-corrected chi connectivity index (χ1v) is 15.0. The van der Waals surface area contributed by atoms with Crippen LogP contribution in [0.5, 0.6) is 0 Å². The Morgan fingerprint density at radius 2 is 0.675 bits per heavy atom. The fourth-order valence-electron chi connectivity index (χ4n) is 3.65. The summed E-state index contributed by atoms with van der Waals surface area (Å²) in [4.78, 5) is 0. The lowest BCUT2D eigenvalue weighted by Gasteiger charge is -2.00. The molecule has 40 heavy (non-hydrogen) atoms. The van der Waals surface area contributed by atoms with Crippen LogP contribution in [0.4, 0.5) is 0 Å². The van der Waals surface area contributed by atoms with E-state index in [9.17, 15) is 0 Å². The van der Waals surface area contributed by atoms with Gasteiger partial charge in [-0.05, 0) is 108 Å². The zero-order valence-electron chi connectivity index (χ0n) is 27.5. The maximum absolute atomic E-state index is 2.39. The first-order valence-electron chi connectivity index (χ1n) is 15.0. The van der Waals surface area contributed by atoms with Crippen LogP contribution in [0.1, 0.15) is 108 Å². The van der Waals surface area contributed by atoms with E-state index < -0.39 is 0 Å². The van der Waals surface area contributed by atoms with E-state index in [-0.39, 0.29) is 0 Å². The molecule has 0 fully saturated rings. The Morgan fingerprint density at radius 1 is 0.350 bits per heavy atom. The summed E-state index contributed by atoms with van der Waals surface area (Å²) in [6.45, 7) is 21.7. The van der Waals surface area contributed by atoms with Gasteiger partial charge in [0.2, 0.25) is 0 Å². The summed E-state index contributed by atoms with van der Waals surface area (Å²) in [6.07, 6.45) is 41.8. The van der Waals surface area contributed by atoms with Crippen molar-refractivity contribution in [3.8, 4) is 0 Å². The van der Waals surface area contributed by atoms with Crippen LogP contribution in [-0.4, -0.2) is 0 Å². The molecule has 0 heteroatoms. The summed E-state index contributed by atoms with van der Waals surface area (Å²) in [5, 5.41) is 0. The molecule has 0 aliphatic rings. The van der Waals surface area contributed by atoms with Crippen LogP contribution in [0.2, 0.25) is 0 Å². The van der Waals surface area contributed by atoms with Gasteiger partial charge in [0.15, 0.2) is 0 Å². The van der Waals surface area contributed by atoms with Crippen LogP contribution >= 0.6 is 0 Å². The molecular weight excluding hydrogens is 480 g/mol. The third-order valence-corrected chi connectivity index (χ3v) is 6.24. The Morgan fingerprint density at radius 3 is 1.07 bits per heavy atom. The second kappa shape index (κ2) is 23.7. The monoisotopic (exact) mass is 538 g/mol. The van der Waals surface area contributed by atoms with Crippen molar-refractivity contribution in [3.63, 3.8) is 0 Å². The molecule has 0 aromatic rings. The minimum Gasteiger partial charge on any atom is -0.0856 e. The molecule has 0 atom stereocenters. The predicted molar refractivity (Wildman–Crippen MR) is 186 cm³/mol. The third-order valence-electron chi connectivity index (χ3n) is 6.24. The number of hydrogen-bond donors (Lipinski definition) is 0. The van der Waals surface area contributed by atoms with Crippen molar-refractivity contribution in [2.75, 3.05) is 0 Å². The lowest BCUT2D eigenvalue weighted by molar-refractivity contribution is 0.918. The zero-order chi connectivity index (χ0) is 30.2. The van der Waals surface area contributed by atoms with Crippen LogP contribution in [0.15, 0.2) is 142 Å². The summed E-state index contributed by atoms with van der Waals surface area (Å²) in [5.74, 6) is 0. The van der Waals surface area contributed by atoms with Gasteiger partial charge >= 0.3 is 0 Å². The smallest absolute Gasteiger partial charge is 0.0285 e. The second-order valence-corrected chi connectivity index (χ2v) is 11.4. The van der Waals surface area contributed by atoms with Crippen molar-refractivity contribution in [1.29, 1.82) is 0 Å². The van der Waals surface area contributed by atoms with Crippen molar-refractivity contribution >= 4 is 0 Å². The highest BCUT2D eigenvalue weighted by Gasteiger charge is 1.91. The average Bonchev–Trinajstić information content (AvgIpc) is 2.86. The third kappa shape index (κ3) is 25.2. The molecular formula is C40H58. The molecule has 0 saturated heterocycles. The van der Waals surface area contributed by atoms with Crippen LogP contribution in [-0.2, 0) is 0 Å². The molecule has 0 aromatic heterocycles. The highest BCUT2D eigenvalue weighted by atomic mass is 14.0. The molecule has 0 saturated carbocycles. The van der Waals surface area contributed by atoms with Crippen LogP contribution in [0, 0.1) is 0 Å². The quantitative estimate of drug-likeness (QED) is 0.128. The number of allylic oxidation sites excluding steroid dienone is 24. The maximum Gasteiger partial charge on any atom is -0.0285 e. The van der Waals surface area contributed by atoms with E-state index in [0.717, 1.165) is 32.1 Å². The van der Waals surface area contributed by atoms with Gasteiger partial charge in [-0.15, -0.1) is 0 Å². The molecule has 0 N–H and O–H groups in total. The standard InChI is InChI=1S/C40H58/c1-33(2)19-13-23-37(7)27-17-31-39(9)29-15-25-35(5)21-11-12-22-36(6)26-16-30-40(10)32-18-28-38(8)24-14-20-34(3)4/h11-12,15-17,19-22,25-31H,13-14,18,23-24,32H2,1-10H3/b12-11+,25-15+,26-16+,31-17+,35-21+,36-22+,37-27-,38-28+,39-29+,40-30+. The molecule has 0 spiro atoms. The van der Waals surface area contributed by atoms with Gasteiger partial charge in [0.05, 0.1) is 0 Å². The van der Waals surface area contributed by atoms with Crippen molar-refractivity contribution in [2.45, 2.75) is 108 Å². The highest BCUT2D eigenvalue weighted by Crippen LogP contribution is 2.12. The van der Waals surface area contributed by atoms with Crippen LogP contribution < -0.4 is 0 Å². The van der Waals surface area contributed by atoms with E-state index >= 15 is 0 Å². The van der Waals surface area contributed by atoms with Gasteiger partial charge < -0.3 is 0 Å². The van der Waals surface area contributed by atoms with Crippen LogP contribution in [0.25, 0.3) is 0 Å². The summed E-state index contributed by atoms with van der Waals surface area (Å²) in [5.41, 5.74) is 10.8. The van der Waals surface area contributed by atoms with Gasteiger partial charge in [0.1, 0.15) is 0 Å². The summed E-state index contributed by atoms with van der Waals surface area (Å²) in [7, 11) is 0. The molecule has 0 bridgehead atoms. The van der Waals surface area contributed by atoms with E-state index in [4.69, 9.17) is 0 Å². The van der Waals surface area contributed by atoms with E-state index in [2.05, 4.69) is 166 Å². The van der Waals surface area contributed by atoms with E-state index in [1.807, 2.05) is 0 Å². The van der Waals surface area contributed by atoms with Gasteiger partial charge in [-0.25, -0.2) is 0 Å². The SMILES string of the molecule is CC(C)=CCC\C(C)=C/C=C/C(C)=C/C=C/C(C)=C/C=C/C=C(C)/C=C/C=C(\C)CC/C=C(\C)CCC=C(C)C. The Hall–Kier alpha value is -3.12. The topological polar surface area (TPSA) is 0 Å². The largest absolute Gasteiger partial charge is 0.0856 e. The lowest BCUT2D eigenvalue weighted by atomic mass is 10.1. The van der Waals surface area contributed by atoms with E-state index in [0.29, 0.717) is 0 Å². The fraction of sp³-hybridized carbons (Fsp3) is 0.400. The molecule has 0 aromatic carbocycles. The predicted octanol–water partition coefficient (Wildman–Crippen LogP) is 13.2. The Balaban J connectivity index is 4.60. The molecule has 0 aliphatic heterocycles. The van der Waals surface area contributed by atoms with Gasteiger partial charge in [-0.3, -0.25) is 0 Å². The molecule has 0 aliphatic carbocycles. The Bertz CT molecular complexity index is 1100. The average molecular weight is 539 g/mol. The van der Waals surface area contributed by atoms with Gasteiger partial charge in [-0.1, -0.05) is 142 Å². The molecule has 218 valence electrons. The molecule has 0 rings (SSSR count). The Kier molecular flexibility index (Phi) is 21.9. The van der Waals surface area contributed by atoms with Crippen molar-refractivity contribution in [3.05, 3.63) is 142 Å².